The van der Waals surface area contributed by atoms with Crippen LogP contribution in [-0.2, 0) is 9.53 Å². The Labute approximate surface area is 193 Å². The van der Waals surface area contributed by atoms with Crippen LogP contribution in [0.1, 0.15) is 56.9 Å². The second-order valence-electron chi connectivity index (χ2n) is 11.2. The van der Waals surface area contributed by atoms with Gasteiger partial charge >= 0.3 is 0 Å². The van der Waals surface area contributed by atoms with Crippen LogP contribution >= 0.6 is 0 Å². The van der Waals surface area contributed by atoms with Crippen molar-refractivity contribution in [2.75, 3.05) is 0 Å². The van der Waals surface area contributed by atoms with Crippen LogP contribution in [-0.4, -0.2) is 44.4 Å². The van der Waals surface area contributed by atoms with Gasteiger partial charge in [-0.25, -0.2) is 0 Å². The van der Waals surface area contributed by atoms with E-state index in [1.807, 2.05) is 12.4 Å². The van der Waals surface area contributed by atoms with Crippen LogP contribution in [0, 0.1) is 11.3 Å². The number of carbonyl (C=O) groups is 1. The number of aromatic nitrogens is 1. The number of hydrogen-bond acceptors (Lipinski definition) is 5. The van der Waals surface area contributed by atoms with Gasteiger partial charge in [0.1, 0.15) is 17.8 Å². The zero-order chi connectivity index (χ0) is 22.6. The van der Waals surface area contributed by atoms with Gasteiger partial charge in [-0.1, -0.05) is 31.2 Å². The minimum atomic E-state index is -1.34. The van der Waals surface area contributed by atoms with Crippen molar-refractivity contribution in [1.82, 2.24) is 4.98 Å². The third kappa shape index (κ3) is 2.43. The highest BCUT2D eigenvalue weighted by atomic mass is 16.5. The Morgan fingerprint density at radius 1 is 1.09 bits per heavy atom. The maximum absolute atomic E-state index is 12.5. The van der Waals surface area contributed by atoms with Crippen LogP contribution in [0.4, 0.5) is 0 Å². The number of nitrogens with zero attached hydrogens (tertiary/aromatic N) is 1. The lowest BCUT2D eigenvalue weighted by molar-refractivity contribution is -0.164. The van der Waals surface area contributed by atoms with Crippen molar-refractivity contribution in [2.24, 2.45) is 11.3 Å². The molecule has 2 aliphatic heterocycles. The van der Waals surface area contributed by atoms with Crippen LogP contribution in [0.3, 0.4) is 0 Å². The van der Waals surface area contributed by atoms with Crippen molar-refractivity contribution in [3.8, 4) is 0 Å². The Bertz CT molecular complexity index is 1270. The van der Waals surface area contributed by atoms with Gasteiger partial charge in [0.25, 0.3) is 0 Å². The van der Waals surface area contributed by atoms with Crippen molar-refractivity contribution in [3.63, 3.8) is 0 Å². The van der Waals surface area contributed by atoms with Gasteiger partial charge in [-0.05, 0) is 83.6 Å². The number of rotatable bonds is 1. The fraction of sp³-hybridized carbons (Fsp3) is 0.500. The van der Waals surface area contributed by atoms with Crippen molar-refractivity contribution >= 4 is 16.6 Å². The summed E-state index contributed by atoms with van der Waals surface area (Å²) in [4.78, 5) is 16.8. The van der Waals surface area contributed by atoms with Crippen LogP contribution in [0.25, 0.3) is 10.8 Å². The molecule has 0 radical (unpaired) electrons. The fourth-order valence-corrected chi connectivity index (χ4v) is 8.14. The van der Waals surface area contributed by atoms with Crippen molar-refractivity contribution < 1.29 is 19.7 Å². The lowest BCUT2D eigenvalue weighted by atomic mass is 9.58. The minimum Gasteiger partial charge on any atom is -0.385 e. The molecule has 5 nitrogen and oxygen atoms in total. The van der Waals surface area contributed by atoms with E-state index in [4.69, 9.17) is 4.74 Å². The molecule has 1 unspecified atom stereocenters. The Hall–Kier alpha value is -2.34. The number of carbonyl (C=O) groups excluding carboxylic acids is 1. The van der Waals surface area contributed by atoms with E-state index in [0.717, 1.165) is 37.7 Å². The van der Waals surface area contributed by atoms with Crippen LogP contribution < -0.4 is 0 Å². The molecule has 3 fully saturated rings. The van der Waals surface area contributed by atoms with Gasteiger partial charge in [0.05, 0.1) is 5.60 Å². The first-order valence-corrected chi connectivity index (χ1v) is 12.2. The summed E-state index contributed by atoms with van der Waals surface area (Å²) in [5.74, 6) is 0.484. The Morgan fingerprint density at radius 2 is 1.97 bits per heavy atom. The van der Waals surface area contributed by atoms with Crippen molar-refractivity contribution in [1.29, 1.82) is 0 Å². The molecule has 5 heteroatoms. The van der Waals surface area contributed by atoms with E-state index in [9.17, 15) is 15.0 Å². The topological polar surface area (TPSA) is 79.7 Å². The highest BCUT2D eigenvalue weighted by molar-refractivity contribution is 5.88. The number of benzene rings is 1. The molecule has 1 aromatic carbocycles. The summed E-state index contributed by atoms with van der Waals surface area (Å²) in [6, 6.07) is 8.86. The fourth-order valence-electron chi connectivity index (χ4n) is 8.14. The van der Waals surface area contributed by atoms with Gasteiger partial charge in [0.2, 0.25) is 0 Å². The average Bonchev–Trinajstić information content (AvgIpc) is 3.33. The van der Waals surface area contributed by atoms with Gasteiger partial charge in [-0.2, -0.15) is 0 Å². The monoisotopic (exact) mass is 443 g/mol. The predicted octanol–water partition coefficient (Wildman–Crippen LogP) is 3.99. The van der Waals surface area contributed by atoms with Crippen LogP contribution in [0.15, 0.2) is 60.0 Å². The molecular weight excluding hydrogens is 414 g/mol. The van der Waals surface area contributed by atoms with Crippen molar-refractivity contribution in [2.45, 2.75) is 74.8 Å². The summed E-state index contributed by atoms with van der Waals surface area (Å²) in [6.45, 7) is 2.42. The summed E-state index contributed by atoms with van der Waals surface area (Å²) in [5, 5.41) is 23.3. The molecule has 7 rings (SSSR count). The second-order valence-corrected chi connectivity index (χ2v) is 11.2. The molecule has 33 heavy (non-hydrogen) atoms. The summed E-state index contributed by atoms with van der Waals surface area (Å²) < 4.78 is 6.96. The number of ether oxygens (including phenoxy) is 1. The summed E-state index contributed by atoms with van der Waals surface area (Å²) >= 11 is 0. The third-order valence-corrected chi connectivity index (χ3v) is 9.74. The quantitative estimate of drug-likeness (QED) is 0.697. The standard InChI is InChI=1S/C28H29NO4/c1-26-8-6-19-13-21-24(31)25(32)22(30)14-27(21)9-10-28(19,33-27)23(26)5-4-20(26)17-3-2-16-7-11-29-15-18(16)12-17/h2-3,6-7,11-13,15,20,23-25,31-32H,4-5,8-10,14H2,1H3/t20-,23-,24-,25-,26-,27-,28?/m1/s1. The normalized spacial score (nSPS) is 43.5. The Kier molecular flexibility index (Phi) is 3.90. The van der Waals surface area contributed by atoms with Gasteiger partial charge in [0, 0.05) is 24.2 Å². The van der Waals surface area contributed by atoms with E-state index in [0.29, 0.717) is 17.4 Å². The van der Waals surface area contributed by atoms with Gasteiger partial charge in [-0.3, -0.25) is 9.78 Å². The van der Waals surface area contributed by atoms with Gasteiger partial charge in [-0.15, -0.1) is 0 Å². The molecule has 1 aromatic heterocycles. The van der Waals surface area contributed by atoms with E-state index in [2.05, 4.69) is 48.3 Å². The molecule has 0 amide bonds. The highest BCUT2D eigenvalue weighted by Crippen LogP contribution is 2.69. The molecule has 170 valence electrons. The molecule has 2 N–H and O–H groups in total. The maximum Gasteiger partial charge on any atom is 0.167 e. The minimum absolute atomic E-state index is 0.0626. The van der Waals surface area contributed by atoms with E-state index in [1.165, 1.54) is 16.3 Å². The Balaban J connectivity index is 1.31. The van der Waals surface area contributed by atoms with Crippen LogP contribution in [0.2, 0.25) is 0 Å². The van der Waals surface area contributed by atoms with E-state index < -0.39 is 23.4 Å². The number of allylic oxidation sites excluding steroid dienone is 1. The average molecular weight is 444 g/mol. The first-order chi connectivity index (χ1) is 15.9. The lowest BCUT2D eigenvalue weighted by Gasteiger charge is -2.54. The highest BCUT2D eigenvalue weighted by Gasteiger charge is 2.68. The number of fused-ring (bicyclic) bond motifs is 2. The van der Waals surface area contributed by atoms with Crippen molar-refractivity contribution in [3.05, 3.63) is 65.5 Å². The molecule has 5 aliphatic rings. The smallest absolute Gasteiger partial charge is 0.167 e. The predicted molar refractivity (Wildman–Crippen MR) is 124 cm³/mol. The SMILES string of the molecule is C[C@]12CC=C3C=C4[C@@H](O)[C@H](O)C(=O)C[C@]45CCC3(O5)[C@@H]1CC[C@@H]2c1ccc2ccncc2c1. The molecule has 3 aliphatic carbocycles. The number of aliphatic hydroxyl groups excluding tert-OH is 2. The zero-order valence-electron chi connectivity index (χ0n) is 18.8. The number of ketones is 1. The second kappa shape index (κ2) is 6.41. The molecule has 2 spiro atoms. The van der Waals surface area contributed by atoms with E-state index >= 15 is 0 Å². The number of Topliss-reactive ketones (excluding diaryl/α,β-unsaturated/α-hetero) is 1. The maximum atomic E-state index is 12.5. The number of aliphatic hydroxyl groups is 2. The zero-order valence-corrected chi connectivity index (χ0v) is 18.8. The van der Waals surface area contributed by atoms with Gasteiger partial charge < -0.3 is 14.9 Å². The summed E-state index contributed by atoms with van der Waals surface area (Å²) in [7, 11) is 0. The molecule has 2 saturated carbocycles. The molecule has 2 bridgehead atoms. The van der Waals surface area contributed by atoms with Gasteiger partial charge in [0.15, 0.2) is 5.78 Å². The van der Waals surface area contributed by atoms with E-state index in [1.54, 1.807) is 0 Å². The molecule has 3 heterocycles. The van der Waals surface area contributed by atoms with E-state index in [-0.39, 0.29) is 17.6 Å². The first kappa shape index (κ1) is 20.1. The molecule has 2 aromatic rings. The third-order valence-electron chi connectivity index (χ3n) is 9.74. The molecule has 1 saturated heterocycles. The summed E-state index contributed by atoms with van der Waals surface area (Å²) in [6.07, 6.45) is 10.6. The lowest BCUT2D eigenvalue weighted by Crippen LogP contribution is -2.58. The molecular formula is C28H29NO4. The largest absolute Gasteiger partial charge is 0.385 e. The molecule has 7 atom stereocenters. The number of pyridine rings is 1. The van der Waals surface area contributed by atoms with Crippen LogP contribution in [0.5, 0.6) is 0 Å². The number of hydrogen-bond donors (Lipinski definition) is 2. The Morgan fingerprint density at radius 3 is 2.85 bits per heavy atom. The summed E-state index contributed by atoms with van der Waals surface area (Å²) in [5.41, 5.74) is 2.14. The first-order valence-electron chi connectivity index (χ1n) is 12.2.